The highest BCUT2D eigenvalue weighted by molar-refractivity contribution is 5.77. The molecule has 1 aromatic carbocycles. The smallest absolute Gasteiger partial charge is 0.234 e. The zero-order chi connectivity index (χ0) is 13.0. The molecular formula is C13H14N2O3. The third kappa shape index (κ3) is 3.16. The maximum absolute atomic E-state index is 10.9. The van der Waals surface area contributed by atoms with E-state index in [1.54, 1.807) is 7.11 Å². The summed E-state index contributed by atoms with van der Waals surface area (Å²) in [6, 6.07) is 7.66. The van der Waals surface area contributed by atoms with Crippen LogP contribution in [0.5, 0.6) is 5.75 Å². The fourth-order valence-corrected chi connectivity index (χ4v) is 1.61. The number of ether oxygens (including phenoxy) is 1. The van der Waals surface area contributed by atoms with Crippen LogP contribution in [0.3, 0.4) is 0 Å². The summed E-state index contributed by atoms with van der Waals surface area (Å²) in [5, 5.41) is 3.84. The molecule has 0 radical (unpaired) electrons. The van der Waals surface area contributed by atoms with Gasteiger partial charge in [0, 0.05) is 6.42 Å². The van der Waals surface area contributed by atoms with E-state index in [9.17, 15) is 4.79 Å². The fraction of sp³-hybridized carbons (Fsp3) is 0.308. The van der Waals surface area contributed by atoms with Crippen molar-refractivity contribution in [3.05, 3.63) is 41.5 Å². The number of Topliss-reactive ketones (excluding diaryl/α,β-unsaturated/α-hetero) is 1. The largest absolute Gasteiger partial charge is 0.497 e. The first-order valence-corrected chi connectivity index (χ1v) is 5.61. The number of rotatable bonds is 5. The van der Waals surface area contributed by atoms with Crippen LogP contribution >= 0.6 is 0 Å². The van der Waals surface area contributed by atoms with E-state index in [0.717, 1.165) is 11.3 Å². The van der Waals surface area contributed by atoms with Gasteiger partial charge >= 0.3 is 0 Å². The van der Waals surface area contributed by atoms with Gasteiger partial charge in [-0.25, -0.2) is 0 Å². The standard InChI is InChI=1S/C13H14N2O3/c1-9(16)6-13-14-12(15-18-13)8-10-4-3-5-11(7-10)17-2/h3-5,7H,6,8H2,1-2H3. The van der Waals surface area contributed by atoms with Crippen molar-refractivity contribution in [1.29, 1.82) is 0 Å². The quantitative estimate of drug-likeness (QED) is 0.804. The van der Waals surface area contributed by atoms with Gasteiger partial charge < -0.3 is 9.26 Å². The van der Waals surface area contributed by atoms with Crippen molar-refractivity contribution >= 4 is 5.78 Å². The summed E-state index contributed by atoms with van der Waals surface area (Å²) >= 11 is 0. The number of carbonyl (C=O) groups excluding carboxylic acids is 1. The van der Waals surface area contributed by atoms with Gasteiger partial charge in [0.25, 0.3) is 0 Å². The Morgan fingerprint density at radius 1 is 1.44 bits per heavy atom. The maximum Gasteiger partial charge on any atom is 0.234 e. The Kier molecular flexibility index (Phi) is 3.72. The van der Waals surface area contributed by atoms with Crippen molar-refractivity contribution in [2.75, 3.05) is 7.11 Å². The van der Waals surface area contributed by atoms with Crippen LogP contribution in [0.25, 0.3) is 0 Å². The van der Waals surface area contributed by atoms with Crippen LogP contribution in [-0.2, 0) is 17.6 Å². The number of hydrogen-bond donors (Lipinski definition) is 0. The van der Waals surface area contributed by atoms with Crippen molar-refractivity contribution in [3.8, 4) is 5.75 Å². The lowest BCUT2D eigenvalue weighted by molar-refractivity contribution is -0.116. The third-order valence-corrected chi connectivity index (χ3v) is 2.41. The van der Waals surface area contributed by atoms with Gasteiger partial charge in [-0.15, -0.1) is 0 Å². The van der Waals surface area contributed by atoms with Crippen molar-refractivity contribution in [3.63, 3.8) is 0 Å². The van der Waals surface area contributed by atoms with Gasteiger partial charge in [0.2, 0.25) is 5.89 Å². The second kappa shape index (κ2) is 5.44. The lowest BCUT2D eigenvalue weighted by atomic mass is 10.1. The Labute approximate surface area is 105 Å². The van der Waals surface area contributed by atoms with E-state index in [4.69, 9.17) is 9.26 Å². The number of methoxy groups -OCH3 is 1. The van der Waals surface area contributed by atoms with Gasteiger partial charge in [0.1, 0.15) is 11.5 Å². The molecule has 5 nitrogen and oxygen atoms in total. The molecule has 0 N–H and O–H groups in total. The van der Waals surface area contributed by atoms with Crippen molar-refractivity contribution in [1.82, 2.24) is 10.1 Å². The highest BCUT2D eigenvalue weighted by Gasteiger charge is 2.09. The molecule has 0 bridgehead atoms. The second-order valence-electron chi connectivity index (χ2n) is 4.01. The first-order valence-electron chi connectivity index (χ1n) is 5.61. The summed E-state index contributed by atoms with van der Waals surface area (Å²) in [7, 11) is 1.62. The van der Waals surface area contributed by atoms with Crippen LogP contribution in [0.2, 0.25) is 0 Å². The lowest BCUT2D eigenvalue weighted by Gasteiger charge is -2.01. The van der Waals surface area contributed by atoms with Gasteiger partial charge in [-0.3, -0.25) is 4.79 Å². The molecule has 0 atom stereocenters. The van der Waals surface area contributed by atoms with E-state index in [2.05, 4.69) is 10.1 Å². The monoisotopic (exact) mass is 246 g/mol. The molecule has 0 aliphatic carbocycles. The third-order valence-electron chi connectivity index (χ3n) is 2.41. The molecule has 94 valence electrons. The van der Waals surface area contributed by atoms with Gasteiger partial charge in [-0.1, -0.05) is 17.3 Å². The number of benzene rings is 1. The van der Waals surface area contributed by atoms with Crippen molar-refractivity contribution in [2.24, 2.45) is 0 Å². The number of ketones is 1. The van der Waals surface area contributed by atoms with E-state index in [0.29, 0.717) is 18.1 Å². The Balaban J connectivity index is 2.08. The maximum atomic E-state index is 10.9. The van der Waals surface area contributed by atoms with E-state index in [1.807, 2.05) is 24.3 Å². The molecule has 0 aliphatic rings. The Hall–Kier alpha value is -2.17. The minimum Gasteiger partial charge on any atom is -0.497 e. The van der Waals surface area contributed by atoms with Gasteiger partial charge in [0.05, 0.1) is 13.5 Å². The van der Waals surface area contributed by atoms with E-state index in [1.165, 1.54) is 6.92 Å². The second-order valence-corrected chi connectivity index (χ2v) is 4.01. The van der Waals surface area contributed by atoms with E-state index < -0.39 is 0 Å². The molecule has 1 aromatic heterocycles. The van der Waals surface area contributed by atoms with Crippen LogP contribution in [0.1, 0.15) is 24.2 Å². The molecule has 0 amide bonds. The summed E-state index contributed by atoms with van der Waals surface area (Å²) in [6.07, 6.45) is 0.740. The molecule has 2 aromatic rings. The highest BCUT2D eigenvalue weighted by Crippen LogP contribution is 2.15. The summed E-state index contributed by atoms with van der Waals surface area (Å²) < 4.78 is 10.1. The molecule has 18 heavy (non-hydrogen) atoms. The molecule has 0 unspecified atom stereocenters. The minimum absolute atomic E-state index is 0.00609. The number of carbonyl (C=O) groups is 1. The topological polar surface area (TPSA) is 65.2 Å². The normalized spacial score (nSPS) is 10.3. The molecule has 0 fully saturated rings. The molecule has 0 spiro atoms. The molecule has 0 aliphatic heterocycles. The molecular weight excluding hydrogens is 232 g/mol. The average molecular weight is 246 g/mol. The first-order chi connectivity index (χ1) is 8.67. The minimum atomic E-state index is 0.00609. The lowest BCUT2D eigenvalue weighted by Crippen LogP contribution is -1.97. The Bertz CT molecular complexity index is 549. The molecule has 0 saturated carbocycles. The predicted octanol–water partition coefficient (Wildman–Crippen LogP) is 1.80. The summed E-state index contributed by atoms with van der Waals surface area (Å²) in [4.78, 5) is 15.1. The number of hydrogen-bond acceptors (Lipinski definition) is 5. The summed E-state index contributed by atoms with van der Waals surface area (Å²) in [5.74, 6) is 1.73. The molecule has 5 heteroatoms. The number of aromatic nitrogens is 2. The zero-order valence-corrected chi connectivity index (χ0v) is 10.3. The van der Waals surface area contributed by atoms with Crippen molar-refractivity contribution < 1.29 is 14.1 Å². The first kappa shape index (κ1) is 12.3. The summed E-state index contributed by atoms with van der Waals surface area (Å²) in [5.41, 5.74) is 1.03. The predicted molar refractivity (Wildman–Crippen MR) is 64.5 cm³/mol. The zero-order valence-electron chi connectivity index (χ0n) is 10.3. The molecule has 2 rings (SSSR count). The Morgan fingerprint density at radius 2 is 2.28 bits per heavy atom. The number of nitrogens with zero attached hydrogens (tertiary/aromatic N) is 2. The van der Waals surface area contributed by atoms with Crippen molar-refractivity contribution in [2.45, 2.75) is 19.8 Å². The average Bonchev–Trinajstić information content (AvgIpc) is 2.76. The van der Waals surface area contributed by atoms with E-state index in [-0.39, 0.29) is 12.2 Å². The van der Waals surface area contributed by atoms with Gasteiger partial charge in [-0.2, -0.15) is 4.98 Å². The SMILES string of the molecule is COc1cccc(Cc2noc(CC(C)=O)n2)c1. The summed E-state index contributed by atoms with van der Waals surface area (Å²) in [6.45, 7) is 1.49. The van der Waals surface area contributed by atoms with Crippen LogP contribution in [0, 0.1) is 0 Å². The van der Waals surface area contributed by atoms with Crippen LogP contribution in [-0.4, -0.2) is 23.0 Å². The highest BCUT2D eigenvalue weighted by atomic mass is 16.5. The van der Waals surface area contributed by atoms with Crippen LogP contribution in [0.15, 0.2) is 28.8 Å². The molecule has 1 heterocycles. The van der Waals surface area contributed by atoms with Gasteiger partial charge in [-0.05, 0) is 24.6 Å². The van der Waals surface area contributed by atoms with E-state index >= 15 is 0 Å². The van der Waals surface area contributed by atoms with Gasteiger partial charge in [0.15, 0.2) is 5.82 Å². The fourth-order valence-electron chi connectivity index (χ4n) is 1.61. The molecule has 0 saturated heterocycles. The van der Waals surface area contributed by atoms with Crippen LogP contribution < -0.4 is 4.74 Å². The van der Waals surface area contributed by atoms with Crippen LogP contribution in [0.4, 0.5) is 0 Å². The Morgan fingerprint density at radius 3 is 3.00 bits per heavy atom.